The lowest BCUT2D eigenvalue weighted by Gasteiger charge is -2.06. The number of anilines is 1. The number of hydrogen-bond acceptors (Lipinski definition) is 5. The Labute approximate surface area is 149 Å². The molecule has 0 aliphatic heterocycles. The number of benzene rings is 2. The molecule has 25 heavy (non-hydrogen) atoms. The van der Waals surface area contributed by atoms with Crippen LogP contribution in [0.3, 0.4) is 0 Å². The Morgan fingerprint density at radius 2 is 2.04 bits per heavy atom. The smallest absolute Gasteiger partial charge is 0.249 e. The topological polar surface area (TPSA) is 100 Å². The molecule has 0 heterocycles. The highest BCUT2D eigenvalue weighted by Crippen LogP contribution is 2.19. The minimum atomic E-state index is -0.599. The molecule has 0 unspecified atom stereocenters. The van der Waals surface area contributed by atoms with Gasteiger partial charge in [0.05, 0.1) is 13.3 Å². The zero-order valence-corrected chi connectivity index (χ0v) is 14.1. The normalized spacial score (nSPS) is 10.5. The highest BCUT2D eigenvalue weighted by Gasteiger charge is 2.09. The van der Waals surface area contributed by atoms with Crippen LogP contribution in [0.25, 0.3) is 0 Å². The van der Waals surface area contributed by atoms with Gasteiger partial charge in [-0.2, -0.15) is 5.10 Å². The number of phenolic OH excluding ortho intramolecular Hbond substituents is 1. The number of carbonyl (C=O) groups is 2. The molecule has 0 saturated heterocycles. The van der Waals surface area contributed by atoms with E-state index in [0.717, 1.165) is 0 Å². The van der Waals surface area contributed by atoms with E-state index in [9.17, 15) is 14.7 Å². The maximum atomic E-state index is 11.8. The van der Waals surface area contributed by atoms with Crippen molar-refractivity contribution in [1.29, 1.82) is 0 Å². The number of nitrogens with zero attached hydrogens (tertiary/aromatic N) is 1. The quantitative estimate of drug-likeness (QED) is 0.418. The number of halogens is 1. The molecule has 0 aliphatic rings. The highest BCUT2D eigenvalue weighted by molar-refractivity contribution is 6.30. The molecule has 0 radical (unpaired) electrons. The van der Waals surface area contributed by atoms with Crippen LogP contribution in [-0.2, 0) is 9.59 Å². The maximum Gasteiger partial charge on any atom is 0.249 e. The highest BCUT2D eigenvalue weighted by atomic mass is 35.5. The summed E-state index contributed by atoms with van der Waals surface area (Å²) in [5.41, 5.74) is 3.07. The predicted octanol–water partition coefficient (Wildman–Crippen LogP) is 2.53. The van der Waals surface area contributed by atoms with Gasteiger partial charge in [-0.25, -0.2) is 5.43 Å². The Hall–Kier alpha value is -3.06. The monoisotopic (exact) mass is 361 g/mol. The Morgan fingerprint density at radius 3 is 2.80 bits per heavy atom. The van der Waals surface area contributed by atoms with Crippen molar-refractivity contribution in [3.05, 3.63) is 53.1 Å². The van der Waals surface area contributed by atoms with Gasteiger partial charge in [-0.15, -0.1) is 0 Å². The van der Waals surface area contributed by atoms with Crippen LogP contribution in [0.4, 0.5) is 5.69 Å². The molecule has 7 nitrogen and oxygen atoms in total. The SMILES string of the molecule is COc1cccc(NC(=O)CC(=O)N/N=C/c2cc(Cl)ccc2O)c1. The van der Waals surface area contributed by atoms with E-state index in [0.29, 0.717) is 22.0 Å². The fourth-order valence-corrected chi connectivity index (χ4v) is 2.07. The lowest BCUT2D eigenvalue weighted by atomic mass is 10.2. The van der Waals surface area contributed by atoms with Crippen LogP contribution in [0.5, 0.6) is 11.5 Å². The van der Waals surface area contributed by atoms with Crippen molar-refractivity contribution in [3.63, 3.8) is 0 Å². The molecule has 0 bridgehead atoms. The number of hydrazone groups is 1. The Kier molecular flexibility index (Phi) is 6.36. The number of nitrogens with one attached hydrogen (secondary N) is 2. The summed E-state index contributed by atoms with van der Waals surface area (Å²) in [6.07, 6.45) is 0.829. The zero-order chi connectivity index (χ0) is 18.2. The first-order valence-corrected chi connectivity index (χ1v) is 7.60. The molecule has 0 aliphatic carbocycles. The molecule has 2 aromatic carbocycles. The van der Waals surface area contributed by atoms with Crippen molar-refractivity contribution in [2.45, 2.75) is 6.42 Å². The molecule has 0 fully saturated rings. The standard InChI is InChI=1S/C17H16ClN3O4/c1-25-14-4-2-3-13(8-14)20-16(23)9-17(24)21-19-10-11-7-12(18)5-6-15(11)22/h2-8,10,22H,9H2,1H3,(H,20,23)(H,21,24)/b19-10+. The third-order valence-corrected chi connectivity index (χ3v) is 3.29. The molecule has 2 rings (SSSR count). The summed E-state index contributed by atoms with van der Waals surface area (Å²) >= 11 is 5.80. The first-order chi connectivity index (χ1) is 12.0. The number of amides is 2. The first kappa shape index (κ1) is 18.3. The second kappa shape index (κ2) is 8.70. The second-order valence-corrected chi connectivity index (χ2v) is 5.39. The van der Waals surface area contributed by atoms with Gasteiger partial charge in [0.1, 0.15) is 17.9 Å². The van der Waals surface area contributed by atoms with Gasteiger partial charge in [0, 0.05) is 22.3 Å². The molecule has 8 heteroatoms. The van der Waals surface area contributed by atoms with Gasteiger partial charge in [0.15, 0.2) is 0 Å². The maximum absolute atomic E-state index is 11.8. The van der Waals surface area contributed by atoms with E-state index in [1.54, 1.807) is 24.3 Å². The molecule has 3 N–H and O–H groups in total. The number of aromatic hydroxyl groups is 1. The number of methoxy groups -OCH3 is 1. The number of hydrogen-bond donors (Lipinski definition) is 3. The summed E-state index contributed by atoms with van der Waals surface area (Å²) < 4.78 is 5.05. The van der Waals surface area contributed by atoms with Crippen LogP contribution in [0, 0.1) is 0 Å². The number of ether oxygens (including phenoxy) is 1. The minimum absolute atomic E-state index is 0.0295. The Morgan fingerprint density at radius 1 is 1.24 bits per heavy atom. The fourth-order valence-electron chi connectivity index (χ4n) is 1.89. The van der Waals surface area contributed by atoms with Gasteiger partial charge in [0.25, 0.3) is 0 Å². The number of phenols is 1. The molecule has 2 aromatic rings. The third-order valence-electron chi connectivity index (χ3n) is 3.06. The number of carbonyl (C=O) groups excluding carboxylic acids is 2. The molecule has 0 aromatic heterocycles. The second-order valence-electron chi connectivity index (χ2n) is 4.95. The average Bonchev–Trinajstić information content (AvgIpc) is 2.58. The molecular formula is C17H16ClN3O4. The van der Waals surface area contributed by atoms with Gasteiger partial charge in [0.2, 0.25) is 11.8 Å². The molecular weight excluding hydrogens is 346 g/mol. The minimum Gasteiger partial charge on any atom is -0.507 e. The summed E-state index contributed by atoms with van der Waals surface area (Å²) in [6, 6.07) is 11.2. The Balaban J connectivity index is 1.86. The summed E-state index contributed by atoms with van der Waals surface area (Å²) in [6.45, 7) is 0. The molecule has 0 saturated carbocycles. The van der Waals surface area contributed by atoms with E-state index in [2.05, 4.69) is 15.8 Å². The van der Waals surface area contributed by atoms with Gasteiger partial charge in [-0.05, 0) is 30.3 Å². The van der Waals surface area contributed by atoms with Crippen LogP contribution >= 0.6 is 11.6 Å². The molecule has 2 amide bonds. The van der Waals surface area contributed by atoms with Crippen molar-refractivity contribution >= 4 is 35.3 Å². The lowest BCUT2D eigenvalue weighted by molar-refractivity contribution is -0.126. The van der Waals surface area contributed by atoms with Gasteiger partial charge >= 0.3 is 0 Å². The molecule has 130 valence electrons. The predicted molar refractivity (Wildman–Crippen MR) is 95.1 cm³/mol. The van der Waals surface area contributed by atoms with Crippen molar-refractivity contribution < 1.29 is 19.4 Å². The zero-order valence-electron chi connectivity index (χ0n) is 13.3. The summed E-state index contributed by atoms with van der Waals surface area (Å²) in [7, 11) is 1.52. The van der Waals surface area contributed by atoms with Crippen LogP contribution in [0.2, 0.25) is 5.02 Å². The number of rotatable bonds is 6. The van der Waals surface area contributed by atoms with Crippen LogP contribution in [-0.4, -0.2) is 30.2 Å². The van der Waals surface area contributed by atoms with Crippen molar-refractivity contribution in [1.82, 2.24) is 5.43 Å². The molecule has 0 atom stereocenters. The van der Waals surface area contributed by atoms with Crippen molar-refractivity contribution in [3.8, 4) is 11.5 Å². The average molecular weight is 362 g/mol. The van der Waals surface area contributed by atoms with E-state index in [4.69, 9.17) is 16.3 Å². The van der Waals surface area contributed by atoms with Crippen LogP contribution in [0.1, 0.15) is 12.0 Å². The van der Waals surface area contributed by atoms with E-state index >= 15 is 0 Å². The van der Waals surface area contributed by atoms with Crippen LogP contribution < -0.4 is 15.5 Å². The van der Waals surface area contributed by atoms with Gasteiger partial charge < -0.3 is 15.2 Å². The van der Waals surface area contributed by atoms with Crippen molar-refractivity contribution in [2.24, 2.45) is 5.10 Å². The van der Waals surface area contributed by atoms with Gasteiger partial charge in [-0.3, -0.25) is 9.59 Å². The van der Waals surface area contributed by atoms with E-state index in [1.807, 2.05) is 0 Å². The van der Waals surface area contributed by atoms with Crippen molar-refractivity contribution in [2.75, 3.05) is 12.4 Å². The summed E-state index contributed by atoms with van der Waals surface area (Å²) in [5.74, 6) is -0.531. The molecule has 0 spiro atoms. The van der Waals surface area contributed by atoms with E-state index < -0.39 is 18.2 Å². The Bertz CT molecular complexity index is 808. The fraction of sp³-hybridized carbons (Fsp3) is 0.118. The summed E-state index contributed by atoms with van der Waals surface area (Å²) in [5, 5.41) is 16.3. The summed E-state index contributed by atoms with van der Waals surface area (Å²) in [4.78, 5) is 23.5. The lowest BCUT2D eigenvalue weighted by Crippen LogP contribution is -2.24. The van der Waals surface area contributed by atoms with Gasteiger partial charge in [-0.1, -0.05) is 17.7 Å². The van der Waals surface area contributed by atoms with Crippen LogP contribution in [0.15, 0.2) is 47.6 Å². The largest absolute Gasteiger partial charge is 0.507 e. The van der Waals surface area contributed by atoms with E-state index in [1.165, 1.54) is 31.5 Å². The third kappa shape index (κ3) is 5.82. The van der Waals surface area contributed by atoms with E-state index in [-0.39, 0.29) is 5.75 Å². The first-order valence-electron chi connectivity index (χ1n) is 7.22.